The molecule has 7 aromatic rings. The van der Waals surface area contributed by atoms with E-state index in [4.69, 9.17) is 10.3 Å². The normalized spacial score (nSPS) is 13.4. The number of carbonyl (C=O) groups excluding carboxylic acids is 1. The minimum atomic E-state index is -0.951. The molecule has 0 unspecified atom stereocenters. The van der Waals surface area contributed by atoms with Gasteiger partial charge in [0, 0.05) is 23.2 Å². The van der Waals surface area contributed by atoms with Gasteiger partial charge in [0.2, 0.25) is 5.95 Å². The topological polar surface area (TPSA) is 108 Å². The van der Waals surface area contributed by atoms with Crippen LogP contribution in [0.25, 0.3) is 22.5 Å². The largest absolute Gasteiger partial charge is 0.301 e. The SMILES string of the molecule is CCCCc1c(Cc2ccc(-c3ccccc3)c(-c3nnnn3C(c3ccccc3)(c3ccccc3)c3ccccc3)c2)c(=O)nc2n1C(C)(C)C(=O)N2. The molecule has 0 fully saturated rings. The van der Waals surface area contributed by atoms with E-state index in [0.717, 1.165) is 57.5 Å². The first-order valence-electron chi connectivity index (χ1n) is 18.4. The number of tetrazole rings is 1. The fourth-order valence-electron chi connectivity index (χ4n) is 7.87. The van der Waals surface area contributed by atoms with Gasteiger partial charge in [0.25, 0.3) is 11.5 Å². The molecule has 268 valence electrons. The predicted octanol–water partition coefficient (Wildman–Crippen LogP) is 8.02. The predicted molar refractivity (Wildman–Crippen MR) is 211 cm³/mol. The average Bonchev–Trinajstić information content (AvgIpc) is 3.78. The lowest BCUT2D eigenvalue weighted by atomic mass is 9.76. The van der Waals surface area contributed by atoms with Crippen LogP contribution < -0.4 is 10.9 Å². The number of nitrogens with zero attached hydrogens (tertiary/aromatic N) is 6. The fraction of sp³-hybridized carbons (Fsp3) is 0.200. The van der Waals surface area contributed by atoms with Gasteiger partial charge in [0.15, 0.2) is 5.82 Å². The van der Waals surface area contributed by atoms with Crippen LogP contribution in [0, 0.1) is 0 Å². The first kappa shape index (κ1) is 34.6. The van der Waals surface area contributed by atoms with E-state index in [2.05, 4.69) is 89.2 Å². The Bertz CT molecular complexity index is 2400. The Hall–Kier alpha value is -6.48. The highest BCUT2D eigenvalue weighted by molar-refractivity contribution is 5.98. The van der Waals surface area contributed by atoms with Gasteiger partial charge >= 0.3 is 0 Å². The number of rotatable bonds is 11. The summed E-state index contributed by atoms with van der Waals surface area (Å²) in [5.41, 5.74) is 5.92. The molecule has 54 heavy (non-hydrogen) atoms. The summed E-state index contributed by atoms with van der Waals surface area (Å²) in [7, 11) is 0. The molecule has 0 saturated heterocycles. The summed E-state index contributed by atoms with van der Waals surface area (Å²) < 4.78 is 3.87. The first-order valence-corrected chi connectivity index (χ1v) is 18.4. The van der Waals surface area contributed by atoms with Crippen LogP contribution in [0.3, 0.4) is 0 Å². The van der Waals surface area contributed by atoms with Crippen molar-refractivity contribution >= 4 is 11.9 Å². The van der Waals surface area contributed by atoms with Crippen molar-refractivity contribution < 1.29 is 4.79 Å². The van der Waals surface area contributed by atoms with E-state index in [9.17, 15) is 9.59 Å². The molecule has 1 N–H and O–H groups in total. The van der Waals surface area contributed by atoms with Crippen molar-refractivity contribution in [1.82, 2.24) is 29.8 Å². The second kappa shape index (κ2) is 14.2. The number of nitrogens with one attached hydrogen (secondary N) is 1. The zero-order valence-corrected chi connectivity index (χ0v) is 30.6. The van der Waals surface area contributed by atoms with E-state index < -0.39 is 11.1 Å². The standard InChI is InChI=1S/C45H41N7O2/c1-4-5-26-39-38(41(53)46-43-47-42(54)44(2,3)51(39)43)30-31-27-28-36(32-18-10-6-11-19-32)37(29-31)40-48-49-50-52(40)45(33-20-12-7-13-21-33,34-22-14-8-15-23-34)35-24-16-9-17-25-35/h6-25,27-29H,4-5,26,30H2,1-3H3,(H,46,47,53,54). The number of anilines is 1. The van der Waals surface area contributed by atoms with Gasteiger partial charge in [0.05, 0.1) is 0 Å². The molecule has 9 heteroatoms. The zero-order valence-electron chi connectivity index (χ0n) is 30.6. The van der Waals surface area contributed by atoms with E-state index in [1.807, 2.05) is 95.9 Å². The molecule has 1 aliphatic rings. The number of unbranched alkanes of at least 4 members (excludes halogenated alkanes) is 1. The third-order valence-corrected chi connectivity index (χ3v) is 10.6. The summed E-state index contributed by atoms with van der Waals surface area (Å²) in [6, 6.07) is 47.5. The highest BCUT2D eigenvalue weighted by Gasteiger charge is 2.43. The van der Waals surface area contributed by atoms with Crippen LogP contribution in [0.15, 0.2) is 144 Å². The van der Waals surface area contributed by atoms with E-state index in [1.54, 1.807) is 0 Å². The van der Waals surface area contributed by atoms with Crippen LogP contribution in [0.2, 0.25) is 0 Å². The minimum absolute atomic E-state index is 0.177. The van der Waals surface area contributed by atoms with Crippen molar-refractivity contribution in [2.24, 2.45) is 0 Å². The smallest absolute Gasteiger partial charge is 0.278 e. The summed E-state index contributed by atoms with van der Waals surface area (Å²) in [4.78, 5) is 31.3. The third-order valence-electron chi connectivity index (χ3n) is 10.6. The monoisotopic (exact) mass is 711 g/mol. The van der Waals surface area contributed by atoms with Crippen molar-refractivity contribution in [3.63, 3.8) is 0 Å². The highest BCUT2D eigenvalue weighted by atomic mass is 16.2. The van der Waals surface area contributed by atoms with Crippen molar-refractivity contribution in [1.29, 1.82) is 0 Å². The molecule has 0 spiro atoms. The van der Waals surface area contributed by atoms with Gasteiger partial charge in [-0.3, -0.25) is 14.9 Å². The maximum Gasteiger partial charge on any atom is 0.278 e. The maximum atomic E-state index is 13.8. The zero-order chi connectivity index (χ0) is 37.3. The van der Waals surface area contributed by atoms with Gasteiger partial charge in [-0.25, -0.2) is 4.68 Å². The summed E-state index contributed by atoms with van der Waals surface area (Å²) in [5.74, 6) is 0.700. The van der Waals surface area contributed by atoms with Crippen LogP contribution in [0.4, 0.5) is 5.95 Å². The molecule has 0 saturated carbocycles. The molecule has 3 heterocycles. The highest BCUT2D eigenvalue weighted by Crippen LogP contribution is 2.44. The molecule has 1 amide bonds. The van der Waals surface area contributed by atoms with Crippen LogP contribution in [-0.4, -0.2) is 35.7 Å². The second-order valence-corrected chi connectivity index (χ2v) is 14.3. The Morgan fingerprint density at radius 1 is 0.722 bits per heavy atom. The van der Waals surface area contributed by atoms with Crippen molar-refractivity contribution in [3.8, 4) is 22.5 Å². The number of fused-ring (bicyclic) bond motifs is 1. The second-order valence-electron chi connectivity index (χ2n) is 14.3. The fourth-order valence-corrected chi connectivity index (χ4v) is 7.87. The van der Waals surface area contributed by atoms with E-state index in [0.29, 0.717) is 30.2 Å². The molecule has 0 atom stereocenters. The minimum Gasteiger partial charge on any atom is -0.301 e. The Morgan fingerprint density at radius 3 is 1.87 bits per heavy atom. The summed E-state index contributed by atoms with van der Waals surface area (Å²) >= 11 is 0. The van der Waals surface area contributed by atoms with E-state index >= 15 is 0 Å². The number of carbonyl (C=O) groups is 1. The van der Waals surface area contributed by atoms with Crippen molar-refractivity contribution in [3.05, 3.63) is 183 Å². The van der Waals surface area contributed by atoms with Crippen LogP contribution in [0.1, 0.15) is 67.1 Å². The Kier molecular flexibility index (Phi) is 9.07. The molecule has 5 aromatic carbocycles. The molecule has 9 nitrogen and oxygen atoms in total. The average molecular weight is 712 g/mol. The molecule has 8 rings (SSSR count). The summed E-state index contributed by atoms with van der Waals surface area (Å²) in [5, 5.41) is 16.8. The number of aromatic nitrogens is 6. The Labute approximate surface area is 314 Å². The number of benzene rings is 5. The van der Waals surface area contributed by atoms with Crippen LogP contribution >= 0.6 is 0 Å². The lowest BCUT2D eigenvalue weighted by molar-refractivity contribution is -0.121. The number of amides is 1. The van der Waals surface area contributed by atoms with Gasteiger partial charge < -0.3 is 4.57 Å². The number of hydrogen-bond donors (Lipinski definition) is 1. The maximum absolute atomic E-state index is 13.8. The molecule has 1 aliphatic heterocycles. The Morgan fingerprint density at radius 2 is 1.30 bits per heavy atom. The van der Waals surface area contributed by atoms with E-state index in [-0.39, 0.29) is 11.5 Å². The molecule has 0 radical (unpaired) electrons. The summed E-state index contributed by atoms with van der Waals surface area (Å²) in [6.07, 6.45) is 2.78. The molecule has 2 aromatic heterocycles. The van der Waals surface area contributed by atoms with Gasteiger partial charge in [-0.05, 0) is 76.6 Å². The van der Waals surface area contributed by atoms with Gasteiger partial charge in [-0.1, -0.05) is 147 Å². The quantitative estimate of drug-likeness (QED) is 0.136. The first-order chi connectivity index (χ1) is 26.3. The van der Waals surface area contributed by atoms with Crippen LogP contribution in [0.5, 0.6) is 0 Å². The third kappa shape index (κ3) is 5.82. The van der Waals surface area contributed by atoms with Crippen LogP contribution in [-0.2, 0) is 28.7 Å². The van der Waals surface area contributed by atoms with Gasteiger partial charge in [0.1, 0.15) is 11.1 Å². The van der Waals surface area contributed by atoms with Crippen molar-refractivity contribution in [2.75, 3.05) is 5.32 Å². The Balaban J connectivity index is 1.37. The van der Waals surface area contributed by atoms with Gasteiger partial charge in [-0.2, -0.15) is 4.98 Å². The lowest BCUT2D eigenvalue weighted by Crippen LogP contribution is -2.39. The molecule has 0 aliphatic carbocycles. The number of hydrogen-bond acceptors (Lipinski definition) is 6. The van der Waals surface area contributed by atoms with Crippen molar-refractivity contribution in [2.45, 2.75) is 57.5 Å². The lowest BCUT2D eigenvalue weighted by Gasteiger charge is -2.36. The molecular weight excluding hydrogens is 671 g/mol. The molecular formula is C45H41N7O2. The van der Waals surface area contributed by atoms with Gasteiger partial charge in [-0.15, -0.1) is 5.10 Å². The molecule has 0 bridgehead atoms. The summed E-state index contributed by atoms with van der Waals surface area (Å²) in [6.45, 7) is 5.86. The van der Waals surface area contributed by atoms with E-state index in [1.165, 1.54) is 0 Å².